The molecule has 0 aromatic carbocycles. The van der Waals surface area contributed by atoms with Crippen LogP contribution >= 0.6 is 0 Å². The first kappa shape index (κ1) is 11.6. The minimum absolute atomic E-state index is 0.201. The van der Waals surface area contributed by atoms with Gasteiger partial charge in [-0.1, -0.05) is 6.92 Å². The smallest absolute Gasteiger partial charge is 0.305 e. The van der Waals surface area contributed by atoms with Gasteiger partial charge >= 0.3 is 5.97 Å². The van der Waals surface area contributed by atoms with Crippen molar-refractivity contribution in [1.29, 1.82) is 0 Å². The van der Waals surface area contributed by atoms with E-state index in [4.69, 9.17) is 4.74 Å². The van der Waals surface area contributed by atoms with Crippen LogP contribution in [0.1, 0.15) is 19.8 Å². The summed E-state index contributed by atoms with van der Waals surface area (Å²) in [6.07, 6.45) is 1.05. The van der Waals surface area contributed by atoms with E-state index >= 15 is 0 Å². The lowest BCUT2D eigenvalue weighted by atomic mass is 10.5. The molecule has 0 unspecified atom stereocenters. The third kappa shape index (κ3) is 7.72. The molecule has 0 N–H and O–H groups in total. The van der Waals surface area contributed by atoms with Crippen LogP contribution in [-0.4, -0.2) is 21.0 Å². The van der Waals surface area contributed by atoms with E-state index in [0.717, 1.165) is 0 Å². The number of halogens is 1. The summed E-state index contributed by atoms with van der Waals surface area (Å²) >= 11 is 0. The quantitative estimate of drug-likeness (QED) is 0.289. The number of carbonyl (C=O) groups excluding carboxylic acids is 1. The summed E-state index contributed by atoms with van der Waals surface area (Å²) < 4.78 is 17.8. The van der Waals surface area contributed by atoms with E-state index in [1.807, 2.05) is 0 Å². The topological polar surface area (TPSA) is 26.3 Å². The lowest BCUT2D eigenvalue weighted by Crippen LogP contribution is -2.18. The van der Waals surface area contributed by atoms with Crippen molar-refractivity contribution in [2.75, 3.05) is 6.61 Å². The predicted molar refractivity (Wildman–Crippen MR) is 49.3 cm³/mol. The fraction of sp³-hybridized carbons (Fsp3) is 0.875. The van der Waals surface area contributed by atoms with Crippen LogP contribution < -0.4 is 0 Å². The average molecular weight is 192 g/mol. The van der Waals surface area contributed by atoms with E-state index in [0.29, 0.717) is 25.5 Å². The number of rotatable bonds is 5. The Morgan fingerprint density at radius 3 is 2.50 bits per heavy atom. The first-order valence-electron chi connectivity index (χ1n) is 4.30. The molecule has 0 aliphatic heterocycles. The standard InChI is InChI=1S/C8H17FO2Si/c1-4-8(10)11-6-5-7-12(2,3)9/h4-7H2,1-3H3. The molecule has 0 atom stereocenters. The zero-order valence-electron chi connectivity index (χ0n) is 8.02. The second kappa shape index (κ2) is 5.30. The normalized spacial score (nSPS) is 11.3. The van der Waals surface area contributed by atoms with Crippen molar-refractivity contribution in [2.24, 2.45) is 0 Å². The van der Waals surface area contributed by atoms with Gasteiger partial charge in [0.05, 0.1) is 6.61 Å². The van der Waals surface area contributed by atoms with Crippen molar-refractivity contribution in [3.05, 3.63) is 0 Å². The number of esters is 1. The predicted octanol–water partition coefficient (Wildman–Crippen LogP) is 2.50. The highest BCUT2D eigenvalue weighted by atomic mass is 28.4. The van der Waals surface area contributed by atoms with Gasteiger partial charge in [0.25, 0.3) is 0 Å². The fourth-order valence-corrected chi connectivity index (χ4v) is 1.77. The van der Waals surface area contributed by atoms with E-state index in [-0.39, 0.29) is 5.97 Å². The molecule has 0 rings (SSSR count). The van der Waals surface area contributed by atoms with Gasteiger partial charge < -0.3 is 8.84 Å². The Morgan fingerprint density at radius 2 is 2.08 bits per heavy atom. The molecule has 0 aliphatic rings. The summed E-state index contributed by atoms with van der Waals surface area (Å²) in [6, 6.07) is 0.573. The van der Waals surface area contributed by atoms with Crippen molar-refractivity contribution in [1.82, 2.24) is 0 Å². The average Bonchev–Trinajstić information content (AvgIpc) is 1.96. The van der Waals surface area contributed by atoms with Crippen LogP contribution in [0.3, 0.4) is 0 Å². The molecule has 0 aliphatic carbocycles. The molecule has 0 spiro atoms. The molecule has 0 bridgehead atoms. The molecule has 2 nitrogen and oxygen atoms in total. The Kier molecular flexibility index (Phi) is 5.13. The fourth-order valence-electron chi connectivity index (χ4n) is 0.781. The number of carbonyl (C=O) groups is 1. The van der Waals surface area contributed by atoms with Gasteiger partial charge in [-0.3, -0.25) is 4.79 Å². The zero-order chi connectivity index (χ0) is 9.61. The Bertz CT molecular complexity index is 142. The molecule has 0 amide bonds. The molecule has 0 heterocycles. The third-order valence-corrected chi connectivity index (χ3v) is 3.01. The minimum atomic E-state index is -2.43. The van der Waals surface area contributed by atoms with Gasteiger partial charge in [-0.15, -0.1) is 0 Å². The minimum Gasteiger partial charge on any atom is -0.466 e. The van der Waals surface area contributed by atoms with Gasteiger partial charge in [-0.05, 0) is 25.6 Å². The largest absolute Gasteiger partial charge is 0.466 e. The monoisotopic (exact) mass is 192 g/mol. The second-order valence-electron chi connectivity index (χ2n) is 3.40. The maximum absolute atomic E-state index is 13.0. The van der Waals surface area contributed by atoms with Gasteiger partial charge in [0, 0.05) is 6.42 Å². The lowest BCUT2D eigenvalue weighted by Gasteiger charge is -2.09. The highest BCUT2D eigenvalue weighted by molar-refractivity contribution is 6.70. The molecule has 0 saturated heterocycles. The summed E-state index contributed by atoms with van der Waals surface area (Å²) in [5, 5.41) is 0. The maximum Gasteiger partial charge on any atom is 0.305 e. The summed E-state index contributed by atoms with van der Waals surface area (Å²) in [4.78, 5) is 10.6. The van der Waals surface area contributed by atoms with Crippen LogP contribution in [0.5, 0.6) is 0 Å². The Labute approximate surface area is 74.3 Å². The molecular weight excluding hydrogens is 175 g/mol. The van der Waals surface area contributed by atoms with Crippen LogP contribution in [-0.2, 0) is 9.53 Å². The van der Waals surface area contributed by atoms with Crippen LogP contribution in [0.2, 0.25) is 19.1 Å². The van der Waals surface area contributed by atoms with E-state index in [2.05, 4.69) is 0 Å². The summed E-state index contributed by atoms with van der Waals surface area (Å²) in [5.41, 5.74) is 0. The molecule has 4 heteroatoms. The summed E-state index contributed by atoms with van der Waals surface area (Å²) in [7, 11) is -2.43. The van der Waals surface area contributed by atoms with Crippen molar-refractivity contribution < 1.29 is 13.6 Å². The highest BCUT2D eigenvalue weighted by Crippen LogP contribution is 2.12. The van der Waals surface area contributed by atoms with Gasteiger partial charge in [-0.25, -0.2) is 0 Å². The highest BCUT2D eigenvalue weighted by Gasteiger charge is 2.19. The molecule has 0 aromatic rings. The summed E-state index contributed by atoms with van der Waals surface area (Å²) in [5.74, 6) is -0.201. The van der Waals surface area contributed by atoms with Crippen LogP contribution in [0, 0.1) is 0 Å². The zero-order valence-corrected chi connectivity index (χ0v) is 9.02. The third-order valence-electron chi connectivity index (χ3n) is 1.47. The maximum atomic E-state index is 13.0. The second-order valence-corrected chi connectivity index (χ2v) is 7.33. The molecule has 0 saturated carbocycles. The summed E-state index contributed by atoms with van der Waals surface area (Å²) in [6.45, 7) is 5.44. The van der Waals surface area contributed by atoms with Crippen molar-refractivity contribution in [2.45, 2.75) is 38.9 Å². The molecule has 0 fully saturated rings. The number of hydrogen-bond donors (Lipinski definition) is 0. The number of ether oxygens (including phenoxy) is 1. The van der Waals surface area contributed by atoms with E-state index < -0.39 is 8.41 Å². The molecular formula is C8H17FO2Si. The van der Waals surface area contributed by atoms with Crippen LogP contribution in [0.25, 0.3) is 0 Å². The van der Waals surface area contributed by atoms with E-state index in [9.17, 15) is 8.90 Å². The SMILES string of the molecule is CCC(=O)OCCC[Si](C)(C)F. The van der Waals surface area contributed by atoms with Crippen molar-refractivity contribution in [3.63, 3.8) is 0 Å². The van der Waals surface area contributed by atoms with E-state index in [1.54, 1.807) is 20.0 Å². The molecule has 12 heavy (non-hydrogen) atoms. The Hall–Kier alpha value is -0.383. The van der Waals surface area contributed by atoms with Crippen molar-refractivity contribution in [3.8, 4) is 0 Å². The van der Waals surface area contributed by atoms with Crippen molar-refractivity contribution >= 4 is 14.4 Å². The lowest BCUT2D eigenvalue weighted by molar-refractivity contribution is -0.143. The number of hydrogen-bond acceptors (Lipinski definition) is 2. The van der Waals surface area contributed by atoms with Gasteiger partial charge in [0.1, 0.15) is 0 Å². The first-order valence-corrected chi connectivity index (χ1v) is 7.39. The first-order chi connectivity index (χ1) is 5.45. The Balaban J connectivity index is 3.28. The molecule has 0 aromatic heterocycles. The van der Waals surface area contributed by atoms with Gasteiger partial charge in [0.2, 0.25) is 8.41 Å². The van der Waals surface area contributed by atoms with Crippen LogP contribution in [0.15, 0.2) is 0 Å². The molecule has 0 radical (unpaired) electrons. The Morgan fingerprint density at radius 1 is 1.50 bits per heavy atom. The van der Waals surface area contributed by atoms with Gasteiger partial charge in [0.15, 0.2) is 0 Å². The molecule has 72 valence electrons. The van der Waals surface area contributed by atoms with Crippen LogP contribution in [0.4, 0.5) is 4.11 Å². The van der Waals surface area contributed by atoms with Gasteiger partial charge in [-0.2, -0.15) is 0 Å². The van der Waals surface area contributed by atoms with E-state index in [1.165, 1.54) is 0 Å².